The van der Waals surface area contributed by atoms with E-state index in [2.05, 4.69) is 10.2 Å². The molecule has 0 fully saturated rings. The van der Waals surface area contributed by atoms with Crippen LogP contribution in [0, 0.1) is 0 Å². The average molecular weight is 273 g/mol. The van der Waals surface area contributed by atoms with E-state index in [1.54, 1.807) is 6.33 Å². The number of carbonyl (C=O) groups is 1. The van der Waals surface area contributed by atoms with E-state index in [4.69, 9.17) is 4.74 Å². The van der Waals surface area contributed by atoms with E-state index in [1.165, 1.54) is 0 Å². The molecule has 5 heteroatoms. The number of esters is 1. The minimum Gasteiger partial charge on any atom is -0.465 e. The number of para-hydroxylation sites is 1. The van der Waals surface area contributed by atoms with E-state index in [1.807, 2.05) is 48.7 Å². The van der Waals surface area contributed by atoms with Crippen molar-refractivity contribution < 1.29 is 9.53 Å². The van der Waals surface area contributed by atoms with Crippen LogP contribution in [0.5, 0.6) is 0 Å². The van der Waals surface area contributed by atoms with Gasteiger partial charge in [0, 0.05) is 5.69 Å². The molecule has 0 bridgehead atoms. The first kappa shape index (κ1) is 14.2. The molecular formula is C15H19N3O2. The Morgan fingerprint density at radius 3 is 2.70 bits per heavy atom. The van der Waals surface area contributed by atoms with Gasteiger partial charge in [-0.15, -0.1) is 10.2 Å². The highest BCUT2D eigenvalue weighted by Crippen LogP contribution is 2.23. The highest BCUT2D eigenvalue weighted by molar-refractivity contribution is 5.77. The second kappa shape index (κ2) is 6.84. The zero-order valence-electron chi connectivity index (χ0n) is 11.8. The fourth-order valence-electron chi connectivity index (χ4n) is 2.15. The quantitative estimate of drug-likeness (QED) is 0.759. The molecule has 0 radical (unpaired) electrons. The molecule has 0 aliphatic rings. The van der Waals surface area contributed by atoms with Gasteiger partial charge in [0.25, 0.3) is 0 Å². The van der Waals surface area contributed by atoms with Crippen molar-refractivity contribution in [3.8, 4) is 5.69 Å². The smallest absolute Gasteiger partial charge is 0.316 e. The Morgan fingerprint density at radius 1 is 1.30 bits per heavy atom. The van der Waals surface area contributed by atoms with Crippen molar-refractivity contribution in [2.24, 2.45) is 0 Å². The second-order valence-corrected chi connectivity index (χ2v) is 4.49. The molecule has 0 aliphatic heterocycles. The first-order chi connectivity index (χ1) is 9.77. The topological polar surface area (TPSA) is 57.0 Å². The summed E-state index contributed by atoms with van der Waals surface area (Å²) in [6, 6.07) is 9.75. The summed E-state index contributed by atoms with van der Waals surface area (Å²) in [5, 5.41) is 8.08. The maximum absolute atomic E-state index is 12.1. The van der Waals surface area contributed by atoms with Gasteiger partial charge in [0.1, 0.15) is 12.2 Å². The van der Waals surface area contributed by atoms with Crippen LogP contribution < -0.4 is 0 Å². The maximum Gasteiger partial charge on any atom is 0.316 e. The summed E-state index contributed by atoms with van der Waals surface area (Å²) >= 11 is 0. The van der Waals surface area contributed by atoms with Gasteiger partial charge in [0.05, 0.1) is 6.61 Å². The predicted octanol–water partition coefficient (Wildman–Crippen LogP) is 2.71. The van der Waals surface area contributed by atoms with Crippen LogP contribution in [0.2, 0.25) is 0 Å². The van der Waals surface area contributed by atoms with Crippen molar-refractivity contribution in [3.63, 3.8) is 0 Å². The van der Waals surface area contributed by atoms with Crippen molar-refractivity contribution >= 4 is 5.97 Å². The number of aromatic nitrogens is 3. The lowest BCUT2D eigenvalue weighted by Gasteiger charge is -2.15. The number of rotatable bonds is 6. The first-order valence-electron chi connectivity index (χ1n) is 6.89. The summed E-state index contributed by atoms with van der Waals surface area (Å²) in [5.74, 6) is 0.0266. The Balaban J connectivity index is 2.35. The normalized spacial score (nSPS) is 12.1. The van der Waals surface area contributed by atoms with E-state index in [0.717, 1.165) is 12.1 Å². The second-order valence-electron chi connectivity index (χ2n) is 4.49. The van der Waals surface area contributed by atoms with E-state index in [-0.39, 0.29) is 11.9 Å². The monoisotopic (exact) mass is 273 g/mol. The van der Waals surface area contributed by atoms with Crippen LogP contribution in [0.25, 0.3) is 5.69 Å². The number of benzene rings is 1. The first-order valence-corrected chi connectivity index (χ1v) is 6.89. The minimum absolute atomic E-state index is 0.237. The minimum atomic E-state index is -0.373. The highest BCUT2D eigenvalue weighted by Gasteiger charge is 2.26. The molecule has 0 saturated heterocycles. The molecule has 0 aliphatic carbocycles. The molecule has 2 rings (SSSR count). The lowest BCUT2D eigenvalue weighted by Crippen LogP contribution is -2.19. The van der Waals surface area contributed by atoms with Crippen LogP contribution >= 0.6 is 0 Å². The lowest BCUT2D eigenvalue weighted by atomic mass is 10.0. The van der Waals surface area contributed by atoms with E-state index < -0.39 is 0 Å². The third-order valence-electron chi connectivity index (χ3n) is 3.07. The zero-order valence-corrected chi connectivity index (χ0v) is 11.8. The molecular weight excluding hydrogens is 254 g/mol. The van der Waals surface area contributed by atoms with Gasteiger partial charge < -0.3 is 4.74 Å². The van der Waals surface area contributed by atoms with E-state index in [0.29, 0.717) is 18.9 Å². The number of hydrogen-bond acceptors (Lipinski definition) is 4. The van der Waals surface area contributed by atoms with Crippen molar-refractivity contribution in [1.29, 1.82) is 0 Å². The fourth-order valence-corrected chi connectivity index (χ4v) is 2.15. The van der Waals surface area contributed by atoms with Gasteiger partial charge in [-0.05, 0) is 25.5 Å². The maximum atomic E-state index is 12.1. The van der Waals surface area contributed by atoms with Crippen molar-refractivity contribution in [1.82, 2.24) is 14.8 Å². The number of ether oxygens (including phenoxy) is 1. The van der Waals surface area contributed by atoms with Crippen LogP contribution in [-0.2, 0) is 9.53 Å². The summed E-state index contributed by atoms with van der Waals surface area (Å²) in [6.45, 7) is 4.22. The van der Waals surface area contributed by atoms with Crippen molar-refractivity contribution in [2.75, 3.05) is 6.61 Å². The zero-order chi connectivity index (χ0) is 14.4. The third-order valence-corrected chi connectivity index (χ3v) is 3.07. The summed E-state index contributed by atoms with van der Waals surface area (Å²) < 4.78 is 7.00. The van der Waals surface area contributed by atoms with Crippen LogP contribution in [0.15, 0.2) is 36.7 Å². The lowest BCUT2D eigenvalue weighted by molar-refractivity contribution is -0.145. The Morgan fingerprint density at radius 2 is 2.05 bits per heavy atom. The van der Waals surface area contributed by atoms with Crippen LogP contribution in [0.1, 0.15) is 38.4 Å². The molecule has 2 aromatic rings. The largest absolute Gasteiger partial charge is 0.465 e. The van der Waals surface area contributed by atoms with Gasteiger partial charge in [0.15, 0.2) is 5.82 Å². The molecule has 1 aromatic heterocycles. The standard InChI is InChI=1S/C15H19N3O2/c1-3-8-13(15(19)20-4-2)14-17-16-11-18(14)12-9-6-5-7-10-12/h5-7,9-11,13H,3-4,8H2,1-2H3. The molecule has 106 valence electrons. The van der Waals surface area contributed by atoms with Crippen LogP contribution in [0.4, 0.5) is 0 Å². The van der Waals surface area contributed by atoms with Crippen molar-refractivity contribution in [2.45, 2.75) is 32.6 Å². The van der Waals surface area contributed by atoms with Gasteiger partial charge in [-0.2, -0.15) is 0 Å². The molecule has 1 atom stereocenters. The summed E-state index contributed by atoms with van der Waals surface area (Å²) in [4.78, 5) is 12.1. The molecule has 0 spiro atoms. The summed E-state index contributed by atoms with van der Waals surface area (Å²) in [6.07, 6.45) is 3.21. The number of hydrogen-bond donors (Lipinski definition) is 0. The highest BCUT2D eigenvalue weighted by atomic mass is 16.5. The Hall–Kier alpha value is -2.17. The Kier molecular flexibility index (Phi) is 4.87. The predicted molar refractivity (Wildman–Crippen MR) is 75.6 cm³/mol. The molecule has 1 unspecified atom stereocenters. The molecule has 1 aromatic carbocycles. The molecule has 0 saturated carbocycles. The summed E-state index contributed by atoms with van der Waals surface area (Å²) in [7, 11) is 0. The van der Waals surface area contributed by atoms with Gasteiger partial charge in [-0.25, -0.2) is 0 Å². The average Bonchev–Trinajstić information content (AvgIpc) is 2.95. The Labute approximate surface area is 118 Å². The molecule has 0 N–H and O–H groups in total. The van der Waals surface area contributed by atoms with Crippen LogP contribution in [-0.4, -0.2) is 27.3 Å². The number of nitrogens with zero attached hydrogens (tertiary/aromatic N) is 3. The van der Waals surface area contributed by atoms with Gasteiger partial charge in [-0.1, -0.05) is 31.5 Å². The third kappa shape index (κ3) is 3.04. The van der Waals surface area contributed by atoms with Gasteiger partial charge >= 0.3 is 5.97 Å². The van der Waals surface area contributed by atoms with E-state index in [9.17, 15) is 4.79 Å². The molecule has 20 heavy (non-hydrogen) atoms. The summed E-state index contributed by atoms with van der Waals surface area (Å²) in [5.41, 5.74) is 0.943. The van der Waals surface area contributed by atoms with E-state index >= 15 is 0 Å². The number of carbonyl (C=O) groups excluding carboxylic acids is 1. The van der Waals surface area contributed by atoms with Gasteiger partial charge in [0.2, 0.25) is 0 Å². The fraction of sp³-hybridized carbons (Fsp3) is 0.400. The molecule has 1 heterocycles. The Bertz CT molecular complexity index is 551. The van der Waals surface area contributed by atoms with Gasteiger partial charge in [-0.3, -0.25) is 9.36 Å². The van der Waals surface area contributed by atoms with Crippen LogP contribution in [0.3, 0.4) is 0 Å². The molecule has 0 amide bonds. The molecule has 5 nitrogen and oxygen atoms in total. The van der Waals surface area contributed by atoms with Crippen molar-refractivity contribution in [3.05, 3.63) is 42.5 Å². The SMILES string of the molecule is CCCC(C(=O)OCC)c1nncn1-c1ccccc1.